The van der Waals surface area contributed by atoms with Gasteiger partial charge in [0.2, 0.25) is 0 Å². The van der Waals surface area contributed by atoms with E-state index in [2.05, 4.69) is 36.2 Å². The van der Waals surface area contributed by atoms with Gasteiger partial charge in [0.1, 0.15) is 6.26 Å². The van der Waals surface area contributed by atoms with Gasteiger partial charge in [-0.05, 0) is 30.3 Å². The maximum atomic E-state index is 11.9. The lowest BCUT2D eigenvalue weighted by Gasteiger charge is -2.20. The lowest BCUT2D eigenvalue weighted by molar-refractivity contribution is 0.0950. The molecule has 0 saturated carbocycles. The SMILES string of the molecule is CCN(CC)Cc1ccccc1CNC(=O)c1ccoc1. The summed E-state index contributed by atoms with van der Waals surface area (Å²) >= 11 is 0. The van der Waals surface area contributed by atoms with Gasteiger partial charge in [0.05, 0.1) is 11.8 Å². The van der Waals surface area contributed by atoms with Crippen molar-refractivity contribution in [2.75, 3.05) is 13.1 Å². The molecule has 21 heavy (non-hydrogen) atoms. The predicted molar refractivity (Wildman–Crippen MR) is 82.9 cm³/mol. The highest BCUT2D eigenvalue weighted by atomic mass is 16.3. The highest BCUT2D eigenvalue weighted by molar-refractivity contribution is 5.93. The van der Waals surface area contributed by atoms with Crippen LogP contribution >= 0.6 is 0 Å². The molecule has 1 aromatic carbocycles. The molecule has 0 radical (unpaired) electrons. The summed E-state index contributed by atoms with van der Waals surface area (Å²) in [6.07, 6.45) is 2.96. The van der Waals surface area contributed by atoms with Crippen LogP contribution in [0, 0.1) is 0 Å². The molecule has 0 aliphatic carbocycles. The molecule has 4 nitrogen and oxygen atoms in total. The van der Waals surface area contributed by atoms with Crippen LogP contribution < -0.4 is 5.32 Å². The molecule has 1 N–H and O–H groups in total. The van der Waals surface area contributed by atoms with E-state index in [0.29, 0.717) is 12.1 Å². The summed E-state index contributed by atoms with van der Waals surface area (Å²) in [5.74, 6) is -0.110. The first kappa shape index (κ1) is 15.3. The minimum atomic E-state index is -0.110. The van der Waals surface area contributed by atoms with E-state index in [1.54, 1.807) is 6.07 Å². The Morgan fingerprint density at radius 2 is 1.86 bits per heavy atom. The first-order chi connectivity index (χ1) is 10.2. The number of nitrogens with one attached hydrogen (secondary N) is 1. The number of carbonyl (C=O) groups is 1. The molecule has 0 fully saturated rings. The van der Waals surface area contributed by atoms with Crippen LogP contribution in [0.25, 0.3) is 0 Å². The molecule has 1 amide bonds. The molecule has 0 saturated heterocycles. The minimum absolute atomic E-state index is 0.110. The zero-order chi connectivity index (χ0) is 15.1. The molecule has 0 atom stereocenters. The quantitative estimate of drug-likeness (QED) is 0.851. The molecule has 0 aliphatic heterocycles. The average Bonchev–Trinajstić information content (AvgIpc) is 3.05. The van der Waals surface area contributed by atoms with E-state index in [-0.39, 0.29) is 5.91 Å². The zero-order valence-electron chi connectivity index (χ0n) is 12.6. The van der Waals surface area contributed by atoms with Crippen LogP contribution in [0.5, 0.6) is 0 Å². The monoisotopic (exact) mass is 286 g/mol. The van der Waals surface area contributed by atoms with Gasteiger partial charge in [-0.15, -0.1) is 0 Å². The lowest BCUT2D eigenvalue weighted by atomic mass is 10.1. The standard InChI is InChI=1S/C17H22N2O2/c1-3-19(4-2)12-15-8-6-5-7-14(15)11-18-17(20)16-9-10-21-13-16/h5-10,13H,3-4,11-12H2,1-2H3,(H,18,20). The number of carbonyl (C=O) groups excluding carboxylic acids is 1. The van der Waals surface area contributed by atoms with Gasteiger partial charge >= 0.3 is 0 Å². The van der Waals surface area contributed by atoms with Crippen LogP contribution in [0.2, 0.25) is 0 Å². The Labute approximate surface area is 125 Å². The fourth-order valence-electron chi connectivity index (χ4n) is 2.24. The molecule has 0 bridgehead atoms. The van der Waals surface area contributed by atoms with Crippen molar-refractivity contribution in [2.45, 2.75) is 26.9 Å². The predicted octanol–water partition coefficient (Wildman–Crippen LogP) is 3.05. The van der Waals surface area contributed by atoms with E-state index >= 15 is 0 Å². The highest BCUT2D eigenvalue weighted by Gasteiger charge is 2.09. The molecule has 1 aromatic heterocycles. The third-order valence-corrected chi connectivity index (χ3v) is 3.63. The van der Waals surface area contributed by atoms with Crippen LogP contribution in [-0.4, -0.2) is 23.9 Å². The summed E-state index contributed by atoms with van der Waals surface area (Å²) in [4.78, 5) is 14.3. The Morgan fingerprint density at radius 3 is 2.48 bits per heavy atom. The third kappa shape index (κ3) is 4.20. The minimum Gasteiger partial charge on any atom is -0.472 e. The van der Waals surface area contributed by atoms with Crippen molar-refractivity contribution in [1.29, 1.82) is 0 Å². The van der Waals surface area contributed by atoms with E-state index < -0.39 is 0 Å². The van der Waals surface area contributed by atoms with Crippen molar-refractivity contribution in [2.24, 2.45) is 0 Å². The molecule has 112 valence electrons. The average molecular weight is 286 g/mol. The number of amides is 1. The van der Waals surface area contributed by atoms with Crippen molar-refractivity contribution >= 4 is 5.91 Å². The summed E-state index contributed by atoms with van der Waals surface area (Å²) in [5, 5.41) is 2.93. The summed E-state index contributed by atoms with van der Waals surface area (Å²) in [6, 6.07) is 9.90. The number of hydrogen-bond acceptors (Lipinski definition) is 3. The van der Waals surface area contributed by atoms with E-state index in [0.717, 1.165) is 25.2 Å². The molecular formula is C17H22N2O2. The Hall–Kier alpha value is -2.07. The van der Waals surface area contributed by atoms with Crippen LogP contribution in [-0.2, 0) is 13.1 Å². The molecular weight excluding hydrogens is 264 g/mol. The normalized spacial score (nSPS) is 10.8. The molecule has 2 rings (SSSR count). The van der Waals surface area contributed by atoms with Gasteiger partial charge in [-0.2, -0.15) is 0 Å². The molecule has 0 spiro atoms. The van der Waals surface area contributed by atoms with Gasteiger partial charge < -0.3 is 9.73 Å². The summed E-state index contributed by atoms with van der Waals surface area (Å²) in [6.45, 7) is 7.80. The maximum absolute atomic E-state index is 11.9. The van der Waals surface area contributed by atoms with Gasteiger partial charge in [0.25, 0.3) is 5.91 Å². The van der Waals surface area contributed by atoms with Crippen LogP contribution in [0.4, 0.5) is 0 Å². The fourth-order valence-corrected chi connectivity index (χ4v) is 2.24. The van der Waals surface area contributed by atoms with Crippen molar-refractivity contribution in [3.8, 4) is 0 Å². The summed E-state index contributed by atoms with van der Waals surface area (Å²) in [7, 11) is 0. The number of rotatable bonds is 7. The third-order valence-electron chi connectivity index (χ3n) is 3.63. The van der Waals surface area contributed by atoms with Crippen molar-refractivity contribution in [3.63, 3.8) is 0 Å². The van der Waals surface area contributed by atoms with Crippen molar-refractivity contribution in [1.82, 2.24) is 10.2 Å². The summed E-state index contributed by atoms with van der Waals surface area (Å²) in [5.41, 5.74) is 2.96. The van der Waals surface area contributed by atoms with Crippen LogP contribution in [0.15, 0.2) is 47.3 Å². The second-order valence-electron chi connectivity index (χ2n) is 4.92. The van der Waals surface area contributed by atoms with Crippen molar-refractivity contribution < 1.29 is 9.21 Å². The second-order valence-corrected chi connectivity index (χ2v) is 4.92. The number of nitrogens with zero attached hydrogens (tertiary/aromatic N) is 1. The molecule has 2 aromatic rings. The van der Waals surface area contributed by atoms with E-state index in [1.807, 2.05) is 12.1 Å². The van der Waals surface area contributed by atoms with Gasteiger partial charge in [-0.25, -0.2) is 0 Å². The highest BCUT2D eigenvalue weighted by Crippen LogP contribution is 2.12. The van der Waals surface area contributed by atoms with Gasteiger partial charge in [-0.3, -0.25) is 9.69 Å². The van der Waals surface area contributed by atoms with E-state index in [9.17, 15) is 4.79 Å². The van der Waals surface area contributed by atoms with E-state index in [4.69, 9.17) is 4.42 Å². The summed E-state index contributed by atoms with van der Waals surface area (Å²) < 4.78 is 4.93. The molecule has 0 unspecified atom stereocenters. The first-order valence-corrected chi connectivity index (χ1v) is 7.34. The van der Waals surface area contributed by atoms with Gasteiger partial charge in [0.15, 0.2) is 0 Å². The Balaban J connectivity index is 2.01. The molecule has 1 heterocycles. The van der Waals surface area contributed by atoms with E-state index in [1.165, 1.54) is 18.1 Å². The first-order valence-electron chi connectivity index (χ1n) is 7.34. The number of benzene rings is 1. The molecule has 4 heteroatoms. The topological polar surface area (TPSA) is 45.5 Å². The number of furan rings is 1. The second kappa shape index (κ2) is 7.64. The smallest absolute Gasteiger partial charge is 0.254 e. The lowest BCUT2D eigenvalue weighted by Crippen LogP contribution is -2.25. The van der Waals surface area contributed by atoms with Gasteiger partial charge in [0, 0.05) is 13.1 Å². The Morgan fingerprint density at radius 1 is 1.14 bits per heavy atom. The Kier molecular flexibility index (Phi) is 5.58. The largest absolute Gasteiger partial charge is 0.472 e. The molecule has 0 aliphatic rings. The zero-order valence-corrected chi connectivity index (χ0v) is 12.6. The number of hydrogen-bond donors (Lipinski definition) is 1. The van der Waals surface area contributed by atoms with Crippen LogP contribution in [0.1, 0.15) is 35.3 Å². The Bertz CT molecular complexity index is 560. The van der Waals surface area contributed by atoms with Crippen molar-refractivity contribution in [3.05, 3.63) is 59.5 Å². The maximum Gasteiger partial charge on any atom is 0.254 e. The van der Waals surface area contributed by atoms with Crippen LogP contribution in [0.3, 0.4) is 0 Å². The van der Waals surface area contributed by atoms with Gasteiger partial charge in [-0.1, -0.05) is 38.1 Å². The fraction of sp³-hybridized carbons (Fsp3) is 0.353.